The molecule has 0 fully saturated rings. The molecular formula is C14H19ClN2O. The van der Waals surface area contributed by atoms with Gasteiger partial charge in [-0.25, -0.2) is 0 Å². The summed E-state index contributed by atoms with van der Waals surface area (Å²) in [5.41, 5.74) is 3.56. The van der Waals surface area contributed by atoms with E-state index in [1.807, 2.05) is 6.07 Å². The molecule has 1 amide bonds. The standard InChI is InChI=1S/C14H19ClN2O/c1-17(9-7-15)8-6-11-2-4-13-12(10-11)3-5-14(18)16-13/h2,4,10H,3,5-9H2,1H3,(H,16,18). The lowest BCUT2D eigenvalue weighted by atomic mass is 9.99. The van der Waals surface area contributed by atoms with Crippen molar-refractivity contribution < 1.29 is 4.79 Å². The van der Waals surface area contributed by atoms with Crippen molar-refractivity contribution in [2.24, 2.45) is 0 Å². The van der Waals surface area contributed by atoms with E-state index in [4.69, 9.17) is 11.6 Å². The van der Waals surface area contributed by atoms with Crippen molar-refractivity contribution in [3.63, 3.8) is 0 Å². The number of hydrogen-bond acceptors (Lipinski definition) is 2. The highest BCUT2D eigenvalue weighted by atomic mass is 35.5. The van der Waals surface area contributed by atoms with Crippen LogP contribution in [0.1, 0.15) is 17.5 Å². The van der Waals surface area contributed by atoms with Gasteiger partial charge in [0.2, 0.25) is 5.91 Å². The Kier molecular flexibility index (Phi) is 4.61. The van der Waals surface area contributed by atoms with Crippen LogP contribution in [0.4, 0.5) is 5.69 Å². The SMILES string of the molecule is CN(CCCl)CCc1ccc2c(c1)CCC(=O)N2. The summed E-state index contributed by atoms with van der Waals surface area (Å²) in [4.78, 5) is 13.5. The minimum Gasteiger partial charge on any atom is -0.326 e. The van der Waals surface area contributed by atoms with Crippen LogP contribution in [0.5, 0.6) is 0 Å². The molecule has 0 spiro atoms. The van der Waals surface area contributed by atoms with E-state index in [1.54, 1.807) is 0 Å². The smallest absolute Gasteiger partial charge is 0.224 e. The highest BCUT2D eigenvalue weighted by Gasteiger charge is 2.14. The van der Waals surface area contributed by atoms with Crippen molar-refractivity contribution in [3.8, 4) is 0 Å². The first-order valence-corrected chi connectivity index (χ1v) is 6.88. The Balaban J connectivity index is 1.97. The minimum absolute atomic E-state index is 0.122. The molecule has 0 aromatic heterocycles. The summed E-state index contributed by atoms with van der Waals surface area (Å²) in [7, 11) is 2.08. The van der Waals surface area contributed by atoms with Gasteiger partial charge in [0.1, 0.15) is 0 Å². The van der Waals surface area contributed by atoms with Crippen LogP contribution >= 0.6 is 11.6 Å². The van der Waals surface area contributed by atoms with Crippen LogP contribution in [-0.2, 0) is 17.6 Å². The van der Waals surface area contributed by atoms with E-state index < -0.39 is 0 Å². The lowest BCUT2D eigenvalue weighted by Crippen LogP contribution is -2.23. The van der Waals surface area contributed by atoms with Gasteiger partial charge >= 0.3 is 0 Å². The number of nitrogens with one attached hydrogen (secondary N) is 1. The summed E-state index contributed by atoms with van der Waals surface area (Å²) in [6.07, 6.45) is 2.48. The van der Waals surface area contributed by atoms with Crippen LogP contribution in [0.25, 0.3) is 0 Å². The second kappa shape index (κ2) is 6.21. The Morgan fingerprint density at radius 3 is 2.94 bits per heavy atom. The Labute approximate surface area is 113 Å². The van der Waals surface area contributed by atoms with Gasteiger partial charge in [-0.3, -0.25) is 4.79 Å². The van der Waals surface area contributed by atoms with Crippen molar-refractivity contribution >= 4 is 23.2 Å². The summed E-state index contributed by atoms with van der Waals surface area (Å²) in [5.74, 6) is 0.796. The molecule has 1 aromatic rings. The predicted molar refractivity (Wildman–Crippen MR) is 75.3 cm³/mol. The fourth-order valence-electron chi connectivity index (χ4n) is 2.17. The van der Waals surface area contributed by atoms with Gasteiger partial charge in [-0.05, 0) is 37.1 Å². The van der Waals surface area contributed by atoms with E-state index >= 15 is 0 Å². The minimum atomic E-state index is 0.122. The van der Waals surface area contributed by atoms with Gasteiger partial charge in [0, 0.05) is 31.1 Å². The Morgan fingerprint density at radius 1 is 1.33 bits per heavy atom. The molecule has 18 heavy (non-hydrogen) atoms. The number of fused-ring (bicyclic) bond motifs is 1. The lowest BCUT2D eigenvalue weighted by molar-refractivity contribution is -0.116. The molecule has 4 heteroatoms. The zero-order valence-electron chi connectivity index (χ0n) is 10.7. The number of carbonyl (C=O) groups is 1. The van der Waals surface area contributed by atoms with Gasteiger partial charge in [-0.2, -0.15) is 0 Å². The van der Waals surface area contributed by atoms with Crippen LogP contribution in [0.3, 0.4) is 0 Å². The Hall–Kier alpha value is -1.06. The zero-order valence-corrected chi connectivity index (χ0v) is 11.5. The van der Waals surface area contributed by atoms with Crippen LogP contribution in [0.15, 0.2) is 18.2 Å². The van der Waals surface area contributed by atoms with Crippen molar-refractivity contribution in [1.82, 2.24) is 4.90 Å². The summed E-state index contributed by atoms with van der Waals surface area (Å²) >= 11 is 5.70. The quantitative estimate of drug-likeness (QED) is 0.830. The Morgan fingerprint density at radius 2 is 2.17 bits per heavy atom. The highest BCUT2D eigenvalue weighted by Crippen LogP contribution is 2.23. The average Bonchev–Trinajstić information content (AvgIpc) is 2.36. The van der Waals surface area contributed by atoms with Crippen LogP contribution in [0.2, 0.25) is 0 Å². The maximum absolute atomic E-state index is 11.3. The number of anilines is 1. The van der Waals surface area contributed by atoms with Crippen molar-refractivity contribution in [2.75, 3.05) is 31.3 Å². The molecular weight excluding hydrogens is 248 g/mol. The van der Waals surface area contributed by atoms with Crippen molar-refractivity contribution in [2.45, 2.75) is 19.3 Å². The third-order valence-electron chi connectivity index (χ3n) is 3.31. The summed E-state index contributed by atoms with van der Waals surface area (Å²) < 4.78 is 0. The van der Waals surface area contributed by atoms with Crippen molar-refractivity contribution in [3.05, 3.63) is 29.3 Å². The number of carbonyl (C=O) groups excluding carboxylic acids is 1. The van der Waals surface area contributed by atoms with E-state index in [1.165, 1.54) is 11.1 Å². The molecule has 0 atom stereocenters. The normalized spacial score (nSPS) is 14.5. The van der Waals surface area contributed by atoms with Crippen molar-refractivity contribution in [1.29, 1.82) is 0 Å². The number of nitrogens with zero attached hydrogens (tertiary/aromatic N) is 1. The summed E-state index contributed by atoms with van der Waals surface area (Å²) in [5, 5.41) is 2.91. The second-order valence-corrected chi connectivity index (χ2v) is 5.16. The fraction of sp³-hybridized carbons (Fsp3) is 0.500. The maximum Gasteiger partial charge on any atom is 0.224 e. The van der Waals surface area contributed by atoms with E-state index in [0.717, 1.165) is 31.6 Å². The number of halogens is 1. The number of benzene rings is 1. The van der Waals surface area contributed by atoms with E-state index in [9.17, 15) is 4.79 Å². The highest BCUT2D eigenvalue weighted by molar-refractivity contribution is 6.18. The zero-order chi connectivity index (χ0) is 13.0. The predicted octanol–water partition coefficient (Wildman–Crippen LogP) is 2.28. The van der Waals surface area contributed by atoms with Gasteiger partial charge in [0.15, 0.2) is 0 Å². The van der Waals surface area contributed by atoms with Crippen LogP contribution in [-0.4, -0.2) is 36.8 Å². The molecule has 2 rings (SSSR count). The topological polar surface area (TPSA) is 32.3 Å². The Bertz CT molecular complexity index is 434. The number of alkyl halides is 1. The van der Waals surface area contributed by atoms with Gasteiger partial charge in [-0.15, -0.1) is 11.6 Å². The third kappa shape index (κ3) is 3.47. The van der Waals surface area contributed by atoms with E-state index in [2.05, 4.69) is 29.4 Å². The molecule has 1 N–H and O–H groups in total. The molecule has 0 bridgehead atoms. The number of aryl methyl sites for hydroxylation is 1. The molecule has 98 valence electrons. The summed E-state index contributed by atoms with van der Waals surface area (Å²) in [6.45, 7) is 1.93. The molecule has 1 aliphatic heterocycles. The molecule has 1 aliphatic rings. The molecule has 0 unspecified atom stereocenters. The second-order valence-electron chi connectivity index (χ2n) is 4.78. The molecule has 0 saturated heterocycles. The first-order valence-electron chi connectivity index (χ1n) is 6.35. The largest absolute Gasteiger partial charge is 0.326 e. The lowest BCUT2D eigenvalue weighted by Gasteiger charge is -2.19. The first kappa shape index (κ1) is 13.4. The average molecular weight is 267 g/mol. The van der Waals surface area contributed by atoms with Gasteiger partial charge < -0.3 is 10.2 Å². The molecule has 3 nitrogen and oxygen atoms in total. The molecule has 0 radical (unpaired) electrons. The molecule has 0 saturated carbocycles. The van der Waals surface area contributed by atoms with E-state index in [-0.39, 0.29) is 5.91 Å². The van der Waals surface area contributed by atoms with Crippen LogP contribution in [0, 0.1) is 0 Å². The van der Waals surface area contributed by atoms with Gasteiger partial charge in [0.05, 0.1) is 0 Å². The molecule has 1 aromatic carbocycles. The van der Waals surface area contributed by atoms with Crippen LogP contribution < -0.4 is 5.32 Å². The number of amides is 1. The number of likely N-dealkylation sites (N-methyl/N-ethyl adjacent to an activating group) is 1. The van der Waals surface area contributed by atoms with E-state index in [0.29, 0.717) is 12.3 Å². The third-order valence-corrected chi connectivity index (χ3v) is 3.48. The van der Waals surface area contributed by atoms with Gasteiger partial charge in [-0.1, -0.05) is 12.1 Å². The number of hydrogen-bond donors (Lipinski definition) is 1. The monoisotopic (exact) mass is 266 g/mol. The first-order chi connectivity index (χ1) is 8.69. The molecule has 0 aliphatic carbocycles. The maximum atomic E-state index is 11.3. The van der Waals surface area contributed by atoms with Gasteiger partial charge in [0.25, 0.3) is 0 Å². The molecule has 1 heterocycles. The fourth-order valence-corrected chi connectivity index (χ4v) is 2.46. The summed E-state index contributed by atoms with van der Waals surface area (Å²) in [6, 6.07) is 6.32. The number of rotatable bonds is 5.